The lowest BCUT2D eigenvalue weighted by Crippen LogP contribution is -2.30. The smallest absolute Gasteiger partial charge is 0.220 e. The maximum Gasteiger partial charge on any atom is 0.220 e. The fourth-order valence-electron chi connectivity index (χ4n) is 2.27. The Balaban J connectivity index is 2.35. The molecule has 4 heteroatoms. The fraction of sp³-hybridized carbons (Fsp3) is 0.923. The summed E-state index contributed by atoms with van der Waals surface area (Å²) in [5, 5.41) is 2.95. The monoisotopic (exact) mass is 237 g/mol. The molecule has 17 heavy (non-hydrogen) atoms. The molecule has 1 aliphatic rings. The third kappa shape index (κ3) is 5.11. The number of amides is 1. The van der Waals surface area contributed by atoms with Crippen molar-refractivity contribution < 1.29 is 9.53 Å². The van der Waals surface area contributed by atoms with E-state index in [4.69, 9.17) is 12.6 Å². The SMILES string of the molecule is [B][C@H]1CC(CC(=O)NCC(C)C)[C@@H](CCC)O1. The molecule has 1 heterocycles. The molecule has 2 radical (unpaired) electrons. The lowest BCUT2D eigenvalue weighted by molar-refractivity contribution is -0.122. The number of carbonyl (C=O) groups excluding carboxylic acids is 1. The van der Waals surface area contributed by atoms with E-state index < -0.39 is 0 Å². The van der Waals surface area contributed by atoms with E-state index in [9.17, 15) is 4.79 Å². The molecule has 3 atom stereocenters. The number of nitrogens with one attached hydrogen (secondary N) is 1. The van der Waals surface area contributed by atoms with E-state index >= 15 is 0 Å². The fourth-order valence-corrected chi connectivity index (χ4v) is 2.27. The van der Waals surface area contributed by atoms with Gasteiger partial charge in [0.2, 0.25) is 5.91 Å². The molecule has 0 aliphatic carbocycles. The molecular formula is C13H24BNO2. The minimum atomic E-state index is -0.186. The van der Waals surface area contributed by atoms with Gasteiger partial charge in [0.1, 0.15) is 7.85 Å². The second kappa shape index (κ2) is 7.05. The zero-order chi connectivity index (χ0) is 12.8. The van der Waals surface area contributed by atoms with Crippen LogP contribution < -0.4 is 5.32 Å². The first-order valence-electron chi connectivity index (χ1n) is 6.70. The van der Waals surface area contributed by atoms with E-state index in [0.29, 0.717) is 12.3 Å². The Kier molecular flexibility index (Phi) is 6.03. The van der Waals surface area contributed by atoms with Crippen LogP contribution in [0.25, 0.3) is 0 Å². The predicted octanol–water partition coefficient (Wildman–Crippen LogP) is 1.85. The summed E-state index contributed by atoms with van der Waals surface area (Å²) >= 11 is 0. The van der Waals surface area contributed by atoms with E-state index in [0.717, 1.165) is 25.8 Å². The van der Waals surface area contributed by atoms with Gasteiger partial charge in [-0.05, 0) is 24.7 Å². The summed E-state index contributed by atoms with van der Waals surface area (Å²) in [5.74, 6) is 0.909. The van der Waals surface area contributed by atoms with E-state index in [1.807, 2.05) is 0 Å². The third-order valence-electron chi connectivity index (χ3n) is 3.14. The van der Waals surface area contributed by atoms with Crippen molar-refractivity contribution in [2.45, 2.75) is 58.6 Å². The minimum Gasteiger partial charge on any atom is -0.384 e. The molecule has 0 saturated carbocycles. The Morgan fingerprint density at radius 3 is 2.82 bits per heavy atom. The Labute approximate surface area is 106 Å². The van der Waals surface area contributed by atoms with Gasteiger partial charge in [0, 0.05) is 19.0 Å². The van der Waals surface area contributed by atoms with Gasteiger partial charge in [0.05, 0.1) is 6.10 Å². The van der Waals surface area contributed by atoms with Crippen LogP contribution in [-0.4, -0.2) is 32.4 Å². The van der Waals surface area contributed by atoms with Crippen LogP contribution in [0.3, 0.4) is 0 Å². The molecule has 0 aromatic heterocycles. The van der Waals surface area contributed by atoms with E-state index in [1.165, 1.54) is 0 Å². The number of rotatable bonds is 6. The first-order chi connectivity index (χ1) is 8.02. The van der Waals surface area contributed by atoms with Gasteiger partial charge in [-0.15, -0.1) is 0 Å². The highest BCUT2D eigenvalue weighted by atomic mass is 16.5. The van der Waals surface area contributed by atoms with Crippen molar-refractivity contribution in [3.63, 3.8) is 0 Å². The van der Waals surface area contributed by atoms with Gasteiger partial charge in [0.25, 0.3) is 0 Å². The van der Waals surface area contributed by atoms with Gasteiger partial charge in [-0.1, -0.05) is 27.2 Å². The van der Waals surface area contributed by atoms with Crippen LogP contribution in [-0.2, 0) is 9.53 Å². The molecule has 0 spiro atoms. The Morgan fingerprint density at radius 1 is 1.53 bits per heavy atom. The van der Waals surface area contributed by atoms with Crippen LogP contribution in [0.2, 0.25) is 0 Å². The molecule has 1 fully saturated rings. The average Bonchev–Trinajstić information content (AvgIpc) is 2.57. The second-order valence-electron chi connectivity index (χ2n) is 5.40. The highest BCUT2D eigenvalue weighted by molar-refractivity contribution is 6.11. The van der Waals surface area contributed by atoms with Gasteiger partial charge in [0.15, 0.2) is 0 Å². The summed E-state index contributed by atoms with van der Waals surface area (Å²) < 4.78 is 5.64. The van der Waals surface area contributed by atoms with Crippen molar-refractivity contribution in [1.29, 1.82) is 0 Å². The summed E-state index contributed by atoms with van der Waals surface area (Å²) in [5.41, 5.74) is 0. The molecule has 3 nitrogen and oxygen atoms in total. The number of hydrogen-bond acceptors (Lipinski definition) is 2. The van der Waals surface area contributed by atoms with E-state index in [-0.39, 0.29) is 23.9 Å². The van der Waals surface area contributed by atoms with Crippen LogP contribution >= 0.6 is 0 Å². The number of carbonyl (C=O) groups is 1. The molecule has 1 rings (SSSR count). The van der Waals surface area contributed by atoms with Crippen molar-refractivity contribution in [3.05, 3.63) is 0 Å². The van der Waals surface area contributed by atoms with Crippen molar-refractivity contribution in [2.75, 3.05) is 6.54 Å². The molecule has 1 aliphatic heterocycles. The quantitative estimate of drug-likeness (QED) is 0.716. The van der Waals surface area contributed by atoms with Gasteiger partial charge >= 0.3 is 0 Å². The summed E-state index contributed by atoms with van der Waals surface area (Å²) in [4.78, 5) is 11.8. The standard InChI is InChI=1S/C13H24BNO2/c1-4-5-11-10(6-12(14)17-11)7-13(16)15-8-9(2)3/h9-12H,4-8H2,1-3H3,(H,15,16)/t10?,11-,12-/m1/s1. The summed E-state index contributed by atoms with van der Waals surface area (Å²) in [7, 11) is 5.79. The maximum absolute atomic E-state index is 11.8. The van der Waals surface area contributed by atoms with E-state index in [2.05, 4.69) is 26.1 Å². The Hall–Kier alpha value is -0.505. The normalized spacial score (nSPS) is 28.6. The van der Waals surface area contributed by atoms with E-state index in [1.54, 1.807) is 0 Å². The Morgan fingerprint density at radius 2 is 2.24 bits per heavy atom. The summed E-state index contributed by atoms with van der Waals surface area (Å²) in [6.45, 7) is 7.06. The second-order valence-corrected chi connectivity index (χ2v) is 5.40. The van der Waals surface area contributed by atoms with Crippen molar-refractivity contribution in [2.24, 2.45) is 11.8 Å². The lowest BCUT2D eigenvalue weighted by atomic mass is 9.87. The first-order valence-corrected chi connectivity index (χ1v) is 6.70. The summed E-state index contributed by atoms with van der Waals surface area (Å²) in [6.07, 6.45) is 3.59. The molecule has 1 amide bonds. The van der Waals surface area contributed by atoms with Crippen LogP contribution in [0.5, 0.6) is 0 Å². The number of ether oxygens (including phenoxy) is 1. The van der Waals surface area contributed by atoms with Crippen LogP contribution in [0.15, 0.2) is 0 Å². The van der Waals surface area contributed by atoms with Crippen molar-refractivity contribution in [1.82, 2.24) is 5.32 Å². The number of hydrogen-bond donors (Lipinski definition) is 1. The molecule has 0 aromatic rings. The topological polar surface area (TPSA) is 38.3 Å². The molecule has 0 aromatic carbocycles. The largest absolute Gasteiger partial charge is 0.384 e. The molecule has 1 unspecified atom stereocenters. The third-order valence-corrected chi connectivity index (χ3v) is 3.14. The minimum absolute atomic E-state index is 0.127. The van der Waals surface area contributed by atoms with Gasteiger partial charge in [-0.25, -0.2) is 0 Å². The zero-order valence-corrected chi connectivity index (χ0v) is 11.2. The van der Waals surface area contributed by atoms with Gasteiger partial charge < -0.3 is 10.1 Å². The molecular weight excluding hydrogens is 213 g/mol. The van der Waals surface area contributed by atoms with Gasteiger partial charge in [-0.2, -0.15) is 0 Å². The molecule has 1 saturated heterocycles. The lowest BCUT2D eigenvalue weighted by Gasteiger charge is -2.18. The predicted molar refractivity (Wildman–Crippen MR) is 69.9 cm³/mol. The highest BCUT2D eigenvalue weighted by Gasteiger charge is 2.33. The van der Waals surface area contributed by atoms with Crippen molar-refractivity contribution in [3.8, 4) is 0 Å². The maximum atomic E-state index is 11.8. The van der Waals surface area contributed by atoms with Crippen LogP contribution in [0.1, 0.15) is 46.5 Å². The first kappa shape index (κ1) is 14.6. The summed E-state index contributed by atoms with van der Waals surface area (Å²) in [6, 6.07) is -0.186. The molecule has 1 N–H and O–H groups in total. The average molecular weight is 237 g/mol. The highest BCUT2D eigenvalue weighted by Crippen LogP contribution is 2.30. The molecule has 0 bridgehead atoms. The zero-order valence-electron chi connectivity index (χ0n) is 11.2. The van der Waals surface area contributed by atoms with Crippen molar-refractivity contribution >= 4 is 13.8 Å². The Bertz CT molecular complexity index is 246. The molecule has 96 valence electrons. The van der Waals surface area contributed by atoms with Crippen LogP contribution in [0.4, 0.5) is 0 Å². The van der Waals surface area contributed by atoms with Gasteiger partial charge in [-0.3, -0.25) is 4.79 Å². The van der Waals surface area contributed by atoms with Crippen LogP contribution in [0, 0.1) is 11.8 Å².